The van der Waals surface area contributed by atoms with Gasteiger partial charge in [0, 0.05) is 26.1 Å². The Morgan fingerprint density at radius 2 is 1.76 bits per heavy atom. The summed E-state index contributed by atoms with van der Waals surface area (Å²) in [6, 6.07) is 12.2. The highest BCUT2D eigenvalue weighted by Crippen LogP contribution is 2.40. The van der Waals surface area contributed by atoms with Gasteiger partial charge in [0.05, 0.1) is 27.4 Å². The molecule has 156 valence electrons. The molecule has 2 atom stereocenters. The third kappa shape index (κ3) is 4.65. The second kappa shape index (κ2) is 9.18. The number of carbonyl (C=O) groups excluding carboxylic acids is 1. The average Bonchev–Trinajstić information content (AvgIpc) is 2.72. The number of rotatable bonds is 7. The number of fused-ring (bicyclic) bond motifs is 1. The van der Waals surface area contributed by atoms with Crippen molar-refractivity contribution in [3.05, 3.63) is 53.1 Å². The van der Waals surface area contributed by atoms with Gasteiger partial charge in [-0.05, 0) is 54.3 Å². The van der Waals surface area contributed by atoms with Gasteiger partial charge in [-0.2, -0.15) is 0 Å². The van der Waals surface area contributed by atoms with Crippen LogP contribution in [0.2, 0.25) is 0 Å². The summed E-state index contributed by atoms with van der Waals surface area (Å²) in [6.45, 7) is 5.29. The van der Waals surface area contributed by atoms with E-state index in [2.05, 4.69) is 41.4 Å². The fourth-order valence-corrected chi connectivity index (χ4v) is 4.16. The van der Waals surface area contributed by atoms with Gasteiger partial charge in [-0.3, -0.25) is 9.69 Å². The van der Waals surface area contributed by atoms with Gasteiger partial charge in [0.25, 0.3) is 0 Å². The smallest absolute Gasteiger partial charge is 0.217 e. The number of ether oxygens (including phenoxy) is 3. The molecular weight excluding hydrogens is 368 g/mol. The van der Waals surface area contributed by atoms with E-state index in [1.165, 1.54) is 16.7 Å². The van der Waals surface area contributed by atoms with Gasteiger partial charge in [-0.1, -0.05) is 12.1 Å². The molecule has 6 heteroatoms. The summed E-state index contributed by atoms with van der Waals surface area (Å²) in [5, 5.41) is 3.08. The summed E-state index contributed by atoms with van der Waals surface area (Å²) >= 11 is 0. The first kappa shape index (κ1) is 21.0. The predicted octanol–water partition coefficient (Wildman–Crippen LogP) is 3.34. The molecule has 6 nitrogen and oxygen atoms in total. The normalized spacial score (nSPS) is 17.2. The first-order valence-corrected chi connectivity index (χ1v) is 9.85. The third-order valence-electron chi connectivity index (χ3n) is 5.48. The molecule has 1 amide bonds. The van der Waals surface area contributed by atoms with E-state index < -0.39 is 0 Å². The number of nitrogens with zero attached hydrogens (tertiary/aromatic N) is 1. The number of carbonyl (C=O) groups is 1. The second-order valence-electron chi connectivity index (χ2n) is 7.41. The maximum absolute atomic E-state index is 11.8. The van der Waals surface area contributed by atoms with Crippen LogP contribution in [0.25, 0.3) is 0 Å². The van der Waals surface area contributed by atoms with Crippen molar-refractivity contribution in [2.45, 2.75) is 38.9 Å². The van der Waals surface area contributed by atoms with Crippen molar-refractivity contribution < 1.29 is 19.0 Å². The van der Waals surface area contributed by atoms with Gasteiger partial charge < -0.3 is 19.5 Å². The fraction of sp³-hybridized carbons (Fsp3) is 0.435. The summed E-state index contributed by atoms with van der Waals surface area (Å²) in [5.74, 6) is 2.26. The molecule has 1 aliphatic heterocycles. The van der Waals surface area contributed by atoms with E-state index in [-0.39, 0.29) is 18.0 Å². The van der Waals surface area contributed by atoms with E-state index in [0.29, 0.717) is 5.75 Å². The highest BCUT2D eigenvalue weighted by Gasteiger charge is 2.33. The lowest BCUT2D eigenvalue weighted by molar-refractivity contribution is -0.120. The standard InChI is InChI=1S/C23H30N2O4/c1-15(24-16(2)26)23-20-13-22(29-5)21(28-4)12-18(20)10-11-25(23)14-17-6-8-19(27-3)9-7-17/h6-9,12-13,15,23H,10-11,14H2,1-5H3,(H,24,26). The maximum atomic E-state index is 11.8. The molecule has 1 N–H and O–H groups in total. The first-order chi connectivity index (χ1) is 14.0. The summed E-state index contributed by atoms with van der Waals surface area (Å²) in [6.07, 6.45) is 0.912. The van der Waals surface area contributed by atoms with Crippen LogP contribution in [0.4, 0.5) is 0 Å². The molecule has 0 aliphatic carbocycles. The number of amides is 1. The van der Waals surface area contributed by atoms with Crippen LogP contribution >= 0.6 is 0 Å². The summed E-state index contributed by atoms with van der Waals surface area (Å²) in [7, 11) is 4.97. The lowest BCUT2D eigenvalue weighted by atomic mass is 9.87. The number of nitrogens with one attached hydrogen (secondary N) is 1. The Hall–Kier alpha value is -2.73. The van der Waals surface area contributed by atoms with E-state index in [1.807, 2.05) is 12.1 Å². The topological polar surface area (TPSA) is 60.0 Å². The summed E-state index contributed by atoms with van der Waals surface area (Å²) in [4.78, 5) is 14.2. The Bertz CT molecular complexity index is 851. The van der Waals surface area contributed by atoms with E-state index >= 15 is 0 Å². The molecule has 0 radical (unpaired) electrons. The minimum atomic E-state index is -0.0529. The molecule has 2 unspecified atom stereocenters. The Labute approximate surface area is 172 Å². The number of hydrogen-bond donors (Lipinski definition) is 1. The van der Waals surface area contributed by atoms with Crippen molar-refractivity contribution >= 4 is 5.91 Å². The first-order valence-electron chi connectivity index (χ1n) is 9.85. The minimum Gasteiger partial charge on any atom is -0.497 e. The Morgan fingerprint density at radius 1 is 1.10 bits per heavy atom. The SMILES string of the molecule is COc1ccc(CN2CCc3cc(OC)c(OC)cc3C2C(C)NC(C)=O)cc1. The number of benzene rings is 2. The Kier molecular flexibility index (Phi) is 6.64. The molecule has 3 rings (SSSR count). The van der Waals surface area contributed by atoms with Gasteiger partial charge >= 0.3 is 0 Å². The molecule has 1 aliphatic rings. The zero-order valence-corrected chi connectivity index (χ0v) is 17.8. The predicted molar refractivity (Wildman–Crippen MR) is 113 cm³/mol. The van der Waals surface area contributed by atoms with Crippen molar-refractivity contribution in [1.82, 2.24) is 10.2 Å². The Morgan fingerprint density at radius 3 is 2.34 bits per heavy atom. The summed E-state index contributed by atoms with van der Waals surface area (Å²) < 4.78 is 16.3. The second-order valence-corrected chi connectivity index (χ2v) is 7.41. The lowest BCUT2D eigenvalue weighted by Gasteiger charge is -2.41. The molecule has 2 aromatic carbocycles. The summed E-state index contributed by atoms with van der Waals surface area (Å²) in [5.41, 5.74) is 3.61. The van der Waals surface area contributed by atoms with Gasteiger partial charge in [0.1, 0.15) is 5.75 Å². The van der Waals surface area contributed by atoms with Gasteiger partial charge in [-0.25, -0.2) is 0 Å². The Balaban J connectivity index is 1.96. The largest absolute Gasteiger partial charge is 0.497 e. The zero-order chi connectivity index (χ0) is 21.0. The quantitative estimate of drug-likeness (QED) is 0.775. The zero-order valence-electron chi connectivity index (χ0n) is 17.8. The van der Waals surface area contributed by atoms with Crippen LogP contribution < -0.4 is 19.5 Å². The van der Waals surface area contributed by atoms with Gasteiger partial charge in [0.2, 0.25) is 5.91 Å². The van der Waals surface area contributed by atoms with Crippen LogP contribution in [0.5, 0.6) is 17.2 Å². The highest BCUT2D eigenvalue weighted by atomic mass is 16.5. The lowest BCUT2D eigenvalue weighted by Crippen LogP contribution is -2.46. The van der Waals surface area contributed by atoms with Crippen LogP contribution in [0.1, 0.15) is 36.6 Å². The molecular formula is C23H30N2O4. The van der Waals surface area contributed by atoms with E-state index in [0.717, 1.165) is 31.0 Å². The van der Waals surface area contributed by atoms with Crippen LogP contribution in [0.3, 0.4) is 0 Å². The van der Waals surface area contributed by atoms with Crippen molar-refractivity contribution in [1.29, 1.82) is 0 Å². The van der Waals surface area contributed by atoms with Crippen molar-refractivity contribution in [2.75, 3.05) is 27.9 Å². The molecule has 2 aromatic rings. The van der Waals surface area contributed by atoms with E-state index in [4.69, 9.17) is 14.2 Å². The average molecular weight is 399 g/mol. The molecule has 0 fully saturated rings. The molecule has 29 heavy (non-hydrogen) atoms. The number of hydrogen-bond acceptors (Lipinski definition) is 5. The van der Waals surface area contributed by atoms with E-state index in [1.54, 1.807) is 28.3 Å². The molecule has 0 aromatic heterocycles. The van der Waals surface area contributed by atoms with Crippen LogP contribution in [-0.4, -0.2) is 44.7 Å². The monoisotopic (exact) mass is 398 g/mol. The third-order valence-corrected chi connectivity index (χ3v) is 5.48. The minimum absolute atomic E-state index is 0.0320. The number of methoxy groups -OCH3 is 3. The maximum Gasteiger partial charge on any atom is 0.217 e. The van der Waals surface area contributed by atoms with Crippen molar-refractivity contribution in [2.24, 2.45) is 0 Å². The van der Waals surface area contributed by atoms with Crippen molar-refractivity contribution in [3.63, 3.8) is 0 Å². The van der Waals surface area contributed by atoms with Gasteiger partial charge in [-0.15, -0.1) is 0 Å². The van der Waals surface area contributed by atoms with Crippen molar-refractivity contribution in [3.8, 4) is 17.2 Å². The molecule has 0 bridgehead atoms. The molecule has 0 spiro atoms. The van der Waals surface area contributed by atoms with Crippen LogP contribution in [0.15, 0.2) is 36.4 Å². The van der Waals surface area contributed by atoms with E-state index in [9.17, 15) is 4.79 Å². The molecule has 1 heterocycles. The highest BCUT2D eigenvalue weighted by molar-refractivity contribution is 5.73. The fourth-order valence-electron chi connectivity index (χ4n) is 4.16. The van der Waals surface area contributed by atoms with Gasteiger partial charge in [0.15, 0.2) is 11.5 Å². The molecule has 0 saturated heterocycles. The van der Waals surface area contributed by atoms with Crippen LogP contribution in [0, 0.1) is 0 Å². The van der Waals surface area contributed by atoms with Crippen LogP contribution in [-0.2, 0) is 17.8 Å². The molecule has 0 saturated carbocycles.